The highest BCUT2D eigenvalue weighted by atomic mass is 15.2. The molecular weight excluding hydrogens is 472 g/mol. The number of benzene rings is 2. The Hall–Kier alpha value is -3.91. The van der Waals surface area contributed by atoms with Crippen LogP contribution in [-0.2, 0) is 11.0 Å². The summed E-state index contributed by atoms with van der Waals surface area (Å²) < 4.78 is 0. The van der Waals surface area contributed by atoms with E-state index in [1.807, 2.05) is 6.20 Å². The fourth-order valence-electron chi connectivity index (χ4n) is 6.97. The topological polar surface area (TPSA) is 16.1 Å². The van der Waals surface area contributed by atoms with Gasteiger partial charge in [-0.2, -0.15) is 0 Å². The van der Waals surface area contributed by atoms with Crippen LogP contribution in [0.1, 0.15) is 73.9 Å². The molecule has 2 atom stereocenters. The van der Waals surface area contributed by atoms with Gasteiger partial charge in [0, 0.05) is 35.0 Å². The Labute approximate surface area is 233 Å². The lowest BCUT2D eigenvalue weighted by molar-refractivity contribution is 0.191. The molecule has 1 aliphatic carbocycles. The monoisotopic (exact) mass is 510 g/mol. The lowest BCUT2D eigenvalue weighted by Gasteiger charge is -2.55. The van der Waals surface area contributed by atoms with Gasteiger partial charge in [0.15, 0.2) is 0 Å². The molecule has 0 radical (unpaired) electrons. The largest absolute Gasteiger partial charge is 0.337 e. The Balaban J connectivity index is 1.60. The molecule has 2 nitrogen and oxygen atoms in total. The Morgan fingerprint density at radius 3 is 2.44 bits per heavy atom. The first-order chi connectivity index (χ1) is 19.0. The summed E-state index contributed by atoms with van der Waals surface area (Å²) in [6.07, 6.45) is 21.2. The first-order valence-corrected chi connectivity index (χ1v) is 14.4. The molecule has 1 aromatic heterocycles. The first kappa shape index (κ1) is 25.4. The van der Waals surface area contributed by atoms with Gasteiger partial charge in [-0.1, -0.05) is 92.7 Å². The molecule has 196 valence electrons. The van der Waals surface area contributed by atoms with Crippen molar-refractivity contribution in [2.45, 2.75) is 63.8 Å². The number of nitrogens with zero attached hydrogens (tertiary/aromatic N) is 2. The molecule has 0 saturated heterocycles. The molecule has 3 heterocycles. The lowest BCUT2D eigenvalue weighted by atomic mass is 9.63. The van der Waals surface area contributed by atoms with Gasteiger partial charge in [0.2, 0.25) is 0 Å². The van der Waals surface area contributed by atoms with Gasteiger partial charge in [-0.3, -0.25) is 4.98 Å². The molecule has 0 spiro atoms. The van der Waals surface area contributed by atoms with Crippen LogP contribution in [0.25, 0.3) is 5.57 Å². The van der Waals surface area contributed by atoms with Crippen molar-refractivity contribution in [3.8, 4) is 0 Å². The Morgan fingerprint density at radius 2 is 1.69 bits per heavy atom. The Bertz CT molecular complexity index is 1530. The first-order valence-electron chi connectivity index (χ1n) is 14.4. The van der Waals surface area contributed by atoms with Crippen molar-refractivity contribution in [3.63, 3.8) is 0 Å². The number of hydrogen-bond acceptors (Lipinski definition) is 2. The van der Waals surface area contributed by atoms with Crippen molar-refractivity contribution in [2.24, 2.45) is 0 Å². The lowest BCUT2D eigenvalue weighted by Crippen LogP contribution is -2.51. The third-order valence-corrected chi connectivity index (χ3v) is 9.22. The fraction of sp³-hybridized carbons (Fsp3) is 0.270. The van der Waals surface area contributed by atoms with Gasteiger partial charge in [0.25, 0.3) is 0 Å². The third kappa shape index (κ3) is 4.14. The van der Waals surface area contributed by atoms with Crippen LogP contribution in [0.5, 0.6) is 0 Å². The zero-order valence-electron chi connectivity index (χ0n) is 23.6. The quantitative estimate of drug-likeness (QED) is 0.340. The standard InChI is InChI=1S/C37H38N2/c1-5-37(6-2)33-17-11-10-16-32(33)36(4)21-12-13-23-39(36)35(37)26-30-25-29(28-14-8-7-9-15-28)18-19-31(30)34-24-27(3)20-22-38-34/h7-24,26,29H,5-6,25H2,1-4H3/b35-26+. The van der Waals surface area contributed by atoms with E-state index in [4.69, 9.17) is 4.98 Å². The van der Waals surface area contributed by atoms with Crippen molar-refractivity contribution in [1.29, 1.82) is 0 Å². The minimum atomic E-state index is -0.226. The molecule has 0 N–H and O–H groups in total. The predicted molar refractivity (Wildman–Crippen MR) is 163 cm³/mol. The summed E-state index contributed by atoms with van der Waals surface area (Å²) in [5.41, 5.74) is 10.2. The molecule has 0 bridgehead atoms. The van der Waals surface area contributed by atoms with Crippen molar-refractivity contribution >= 4 is 5.57 Å². The average Bonchev–Trinajstić information content (AvgIpc) is 2.98. The maximum absolute atomic E-state index is 4.83. The second-order valence-electron chi connectivity index (χ2n) is 11.3. The minimum Gasteiger partial charge on any atom is -0.337 e. The molecule has 6 rings (SSSR count). The second kappa shape index (κ2) is 10.0. The molecular formula is C37H38N2. The summed E-state index contributed by atoms with van der Waals surface area (Å²) in [5, 5.41) is 0. The van der Waals surface area contributed by atoms with E-state index in [-0.39, 0.29) is 11.0 Å². The zero-order valence-corrected chi connectivity index (χ0v) is 23.6. The highest BCUT2D eigenvalue weighted by Gasteiger charge is 2.49. The zero-order chi connectivity index (χ0) is 27.0. The molecule has 3 aromatic rings. The molecule has 2 aliphatic heterocycles. The molecule has 2 unspecified atom stereocenters. The number of hydrogen-bond donors (Lipinski definition) is 0. The van der Waals surface area contributed by atoms with Crippen LogP contribution in [0.2, 0.25) is 0 Å². The van der Waals surface area contributed by atoms with Crippen molar-refractivity contribution < 1.29 is 0 Å². The molecule has 0 saturated carbocycles. The molecule has 0 amide bonds. The second-order valence-corrected chi connectivity index (χ2v) is 11.3. The van der Waals surface area contributed by atoms with Crippen LogP contribution < -0.4 is 0 Å². The summed E-state index contributed by atoms with van der Waals surface area (Å²) in [6, 6.07) is 24.3. The smallest absolute Gasteiger partial charge is 0.0855 e. The van der Waals surface area contributed by atoms with Gasteiger partial charge in [0.05, 0.1) is 11.2 Å². The van der Waals surface area contributed by atoms with E-state index in [9.17, 15) is 0 Å². The number of pyridine rings is 1. The Kier molecular flexibility index (Phi) is 6.51. The maximum atomic E-state index is 4.83. The van der Waals surface area contributed by atoms with Crippen LogP contribution >= 0.6 is 0 Å². The third-order valence-electron chi connectivity index (χ3n) is 9.22. The predicted octanol–water partition coefficient (Wildman–Crippen LogP) is 9.14. The van der Waals surface area contributed by atoms with Gasteiger partial charge in [-0.05, 0) is 85.2 Å². The molecule has 2 heteroatoms. The fourth-order valence-corrected chi connectivity index (χ4v) is 6.97. The number of allylic oxidation sites excluding steroid dienone is 8. The van der Waals surface area contributed by atoms with E-state index in [1.165, 1.54) is 39.1 Å². The highest BCUT2D eigenvalue weighted by Crippen LogP contribution is 2.54. The van der Waals surface area contributed by atoms with Crippen LogP contribution in [0.15, 0.2) is 127 Å². The van der Waals surface area contributed by atoms with Crippen LogP contribution in [0.3, 0.4) is 0 Å². The maximum Gasteiger partial charge on any atom is 0.0855 e. The normalized spacial score (nSPS) is 24.2. The van der Waals surface area contributed by atoms with Crippen molar-refractivity contribution in [1.82, 2.24) is 9.88 Å². The summed E-state index contributed by atoms with van der Waals surface area (Å²) in [6.45, 7) is 9.22. The van der Waals surface area contributed by atoms with Gasteiger partial charge in [-0.15, -0.1) is 0 Å². The molecule has 2 aromatic carbocycles. The summed E-state index contributed by atoms with van der Waals surface area (Å²) in [4.78, 5) is 7.38. The van der Waals surface area contributed by atoms with Crippen molar-refractivity contribution in [2.75, 3.05) is 0 Å². The average molecular weight is 511 g/mol. The molecule has 3 aliphatic rings. The summed E-state index contributed by atoms with van der Waals surface area (Å²) >= 11 is 0. The number of aromatic nitrogens is 1. The van der Waals surface area contributed by atoms with Crippen molar-refractivity contribution in [3.05, 3.63) is 155 Å². The SMILES string of the molecule is CCC1(CC)/C(=C\C2=C(c3cc(C)ccn3)C=CC(c3ccccc3)C2)N2C=CC=CC2(C)c2ccccc21. The van der Waals surface area contributed by atoms with E-state index < -0.39 is 0 Å². The summed E-state index contributed by atoms with van der Waals surface area (Å²) in [5.74, 6) is 0.336. The number of rotatable bonds is 5. The minimum absolute atomic E-state index is 0.0762. The van der Waals surface area contributed by atoms with Crippen LogP contribution in [0, 0.1) is 6.92 Å². The molecule has 39 heavy (non-hydrogen) atoms. The van der Waals surface area contributed by atoms with E-state index in [0.717, 1.165) is 25.0 Å². The van der Waals surface area contributed by atoms with Gasteiger partial charge >= 0.3 is 0 Å². The van der Waals surface area contributed by atoms with Crippen LogP contribution in [0.4, 0.5) is 0 Å². The molecule has 0 fully saturated rings. The Morgan fingerprint density at radius 1 is 0.949 bits per heavy atom. The van der Waals surface area contributed by atoms with E-state index >= 15 is 0 Å². The summed E-state index contributed by atoms with van der Waals surface area (Å²) in [7, 11) is 0. The van der Waals surface area contributed by atoms with E-state index in [0.29, 0.717) is 5.92 Å². The van der Waals surface area contributed by atoms with Crippen LogP contribution in [-0.4, -0.2) is 9.88 Å². The number of fused-ring (bicyclic) bond motifs is 3. The van der Waals surface area contributed by atoms with Gasteiger partial charge < -0.3 is 4.90 Å². The van der Waals surface area contributed by atoms with Gasteiger partial charge in [0.1, 0.15) is 0 Å². The highest BCUT2D eigenvalue weighted by molar-refractivity contribution is 5.79. The number of aryl methyl sites for hydroxylation is 1. The van der Waals surface area contributed by atoms with E-state index in [1.54, 1.807) is 0 Å². The van der Waals surface area contributed by atoms with E-state index in [2.05, 4.69) is 142 Å². The van der Waals surface area contributed by atoms with Gasteiger partial charge in [-0.25, -0.2) is 0 Å².